The lowest BCUT2D eigenvalue weighted by Gasteiger charge is -2.42. The molecule has 0 saturated carbocycles. The van der Waals surface area contributed by atoms with Crippen LogP contribution in [-0.4, -0.2) is 84.0 Å². The summed E-state index contributed by atoms with van der Waals surface area (Å²) in [5.74, 6) is -2.13. The molecule has 1 fully saturated rings. The number of H-pyrrole nitrogens is 1. The monoisotopic (exact) mass is 700 g/mol. The van der Waals surface area contributed by atoms with E-state index in [1.165, 1.54) is 26.4 Å². The summed E-state index contributed by atoms with van der Waals surface area (Å²) in [4.78, 5) is 42.6. The number of unbranched alkanes of at least 4 members (excludes halogenated alkanes) is 5. The Balaban J connectivity index is 1.59. The van der Waals surface area contributed by atoms with Gasteiger partial charge in [0.1, 0.15) is 30.1 Å². The van der Waals surface area contributed by atoms with Crippen LogP contribution in [0, 0.1) is 23.2 Å². The van der Waals surface area contributed by atoms with Crippen molar-refractivity contribution in [2.75, 3.05) is 13.7 Å². The molecule has 2 aliphatic heterocycles. The third kappa shape index (κ3) is 9.01. The zero-order chi connectivity index (χ0) is 36.6. The van der Waals surface area contributed by atoms with E-state index in [2.05, 4.69) is 36.3 Å². The Morgan fingerprint density at radius 2 is 1.86 bits per heavy atom. The van der Waals surface area contributed by atoms with Gasteiger partial charge in [0.2, 0.25) is 0 Å². The summed E-state index contributed by atoms with van der Waals surface area (Å²) in [6, 6.07) is 3.38. The first kappa shape index (κ1) is 39.6. The maximum absolute atomic E-state index is 13.6. The molecule has 11 heteroatoms. The molecule has 1 aromatic rings. The summed E-state index contributed by atoms with van der Waals surface area (Å²) >= 11 is 0. The molecular weight excluding hydrogens is 640 g/mol. The van der Waals surface area contributed by atoms with E-state index in [0.29, 0.717) is 18.7 Å². The molecule has 1 aromatic heterocycles. The molecule has 3 N–H and O–H groups in total. The highest BCUT2D eigenvalue weighted by atomic mass is 16.6. The van der Waals surface area contributed by atoms with E-state index in [-0.39, 0.29) is 18.3 Å². The van der Waals surface area contributed by atoms with E-state index in [4.69, 9.17) is 23.7 Å². The van der Waals surface area contributed by atoms with Crippen LogP contribution in [0.3, 0.4) is 0 Å². The van der Waals surface area contributed by atoms with Gasteiger partial charge in [0.05, 0.1) is 11.7 Å². The summed E-state index contributed by atoms with van der Waals surface area (Å²) in [6.45, 7) is 14.0. The highest BCUT2D eigenvalue weighted by Crippen LogP contribution is 2.58. The lowest BCUT2D eigenvalue weighted by Crippen LogP contribution is -2.48. The average molecular weight is 701 g/mol. The minimum atomic E-state index is -0.902. The predicted octanol–water partition coefficient (Wildman–Crippen LogP) is 6.67. The van der Waals surface area contributed by atoms with Crippen molar-refractivity contribution < 1.29 is 43.2 Å². The van der Waals surface area contributed by atoms with Crippen LogP contribution in [0.1, 0.15) is 110 Å². The Morgan fingerprint density at radius 1 is 1.14 bits per heavy atom. The number of aromatic amines is 1. The van der Waals surface area contributed by atoms with Gasteiger partial charge >= 0.3 is 18.0 Å². The second-order valence-corrected chi connectivity index (χ2v) is 15.0. The molecule has 1 aliphatic carbocycles. The number of ether oxygens (including phenoxy) is 5. The summed E-state index contributed by atoms with van der Waals surface area (Å²) in [6.07, 6.45) is 10.3. The lowest BCUT2D eigenvalue weighted by molar-refractivity contribution is -0.172. The SMILES string of the molecule is CCCCCCCCNC(=O)O[C@H](C)[C@H]1OC(=O)[C@@H](OC)C[C@H]2C=C[C@]3(C)C[C@]2(O[C@H]3[C@H](OC(=O)c2ccc[nH]2)[C@H](C)[C@H](C)O)/C(C)=C/[C@H]1C. The van der Waals surface area contributed by atoms with E-state index in [1.54, 1.807) is 32.2 Å². The fraction of sp³-hybridized carbons (Fsp3) is 0.718. The molecule has 4 rings (SSSR count). The standard InChI is InChI=1S/C39H60N2O9/c1-9-10-11-12-13-14-19-41-37(45)47-28(6)32-24(2)21-25(3)39-23-38(7,18-17-29(39)22-31(46-8)36(44)48-32)34(50-39)33(26(4)27(5)42)49-35(43)30-16-15-20-40-30/h15-18,20-21,24,26-29,31-34,40,42H,9-14,19,22-23H2,1-8H3,(H,41,45)/b25-21+/t24-,26-,27+,28-,29-,31+,32+,33-,34+,38-,39+/m1/s1. The summed E-state index contributed by atoms with van der Waals surface area (Å²) < 4.78 is 30.8. The number of fused-ring (bicyclic) bond motifs is 1. The third-order valence-electron chi connectivity index (χ3n) is 11.1. The number of carbonyl (C=O) groups is 3. The van der Waals surface area contributed by atoms with Gasteiger partial charge in [-0.05, 0) is 57.7 Å². The van der Waals surface area contributed by atoms with E-state index in [1.807, 2.05) is 26.8 Å². The minimum Gasteiger partial charge on any atom is -0.456 e. The second kappa shape index (κ2) is 17.4. The number of hydrogen-bond donors (Lipinski definition) is 3. The molecule has 1 spiro atoms. The molecule has 11 atom stereocenters. The number of aliphatic hydroxyl groups is 1. The number of methoxy groups -OCH3 is 1. The number of esters is 2. The average Bonchev–Trinajstić information content (AvgIpc) is 3.70. The number of rotatable bonds is 15. The summed E-state index contributed by atoms with van der Waals surface area (Å²) in [5, 5.41) is 13.6. The molecule has 3 aliphatic rings. The highest BCUT2D eigenvalue weighted by molar-refractivity contribution is 5.87. The van der Waals surface area contributed by atoms with Gasteiger partial charge < -0.3 is 39.1 Å². The molecule has 3 heterocycles. The van der Waals surface area contributed by atoms with Gasteiger partial charge in [-0.3, -0.25) is 0 Å². The Kier molecular flexibility index (Phi) is 13.8. The van der Waals surface area contributed by atoms with Crippen LogP contribution in [0.2, 0.25) is 0 Å². The number of aromatic nitrogens is 1. The smallest absolute Gasteiger partial charge is 0.407 e. The number of hydrogen-bond acceptors (Lipinski definition) is 9. The van der Waals surface area contributed by atoms with Crippen LogP contribution in [0.4, 0.5) is 4.79 Å². The number of cyclic esters (lactones) is 1. The molecule has 1 saturated heterocycles. The predicted molar refractivity (Wildman–Crippen MR) is 189 cm³/mol. The van der Waals surface area contributed by atoms with E-state index >= 15 is 0 Å². The van der Waals surface area contributed by atoms with Crippen LogP contribution in [0.5, 0.6) is 0 Å². The molecule has 280 valence electrons. The van der Waals surface area contributed by atoms with E-state index in [9.17, 15) is 19.5 Å². The summed E-state index contributed by atoms with van der Waals surface area (Å²) in [7, 11) is 1.48. The van der Waals surface area contributed by atoms with Crippen molar-refractivity contribution >= 4 is 18.0 Å². The van der Waals surface area contributed by atoms with Crippen molar-refractivity contribution in [2.45, 2.75) is 142 Å². The molecule has 2 bridgehead atoms. The lowest BCUT2D eigenvalue weighted by atomic mass is 9.64. The molecule has 11 nitrogen and oxygen atoms in total. The molecule has 0 radical (unpaired) electrons. The number of alkyl carbamates (subject to hydrolysis) is 1. The maximum Gasteiger partial charge on any atom is 0.407 e. The fourth-order valence-corrected chi connectivity index (χ4v) is 7.90. The van der Waals surface area contributed by atoms with Gasteiger partial charge in [0, 0.05) is 43.0 Å². The minimum absolute atomic E-state index is 0.263. The first-order valence-electron chi connectivity index (χ1n) is 18.5. The Labute approximate surface area is 297 Å². The normalized spacial score (nSPS) is 32.8. The van der Waals surface area contributed by atoms with E-state index < -0.39 is 71.6 Å². The molecule has 0 aromatic carbocycles. The fourth-order valence-electron chi connectivity index (χ4n) is 7.90. The number of carbonyl (C=O) groups excluding carboxylic acids is 3. The van der Waals surface area contributed by atoms with E-state index in [0.717, 1.165) is 24.8 Å². The second-order valence-electron chi connectivity index (χ2n) is 15.0. The van der Waals surface area contributed by atoms with Gasteiger partial charge in [-0.25, -0.2) is 14.4 Å². The van der Waals surface area contributed by atoms with Crippen molar-refractivity contribution in [1.82, 2.24) is 10.3 Å². The van der Waals surface area contributed by atoms with Crippen molar-refractivity contribution in [2.24, 2.45) is 23.2 Å². The number of nitrogens with one attached hydrogen (secondary N) is 2. The number of aliphatic hydroxyl groups excluding tert-OH is 1. The van der Waals surface area contributed by atoms with Gasteiger partial charge in [0.25, 0.3) is 0 Å². The summed E-state index contributed by atoms with van der Waals surface area (Å²) in [5.41, 5.74) is -0.177. The first-order valence-corrected chi connectivity index (χ1v) is 18.5. The molecule has 50 heavy (non-hydrogen) atoms. The zero-order valence-corrected chi connectivity index (χ0v) is 31.2. The highest BCUT2D eigenvalue weighted by Gasteiger charge is 2.62. The van der Waals surface area contributed by atoms with Crippen molar-refractivity contribution in [1.29, 1.82) is 0 Å². The number of amides is 1. The van der Waals surface area contributed by atoms with Gasteiger partial charge in [-0.15, -0.1) is 0 Å². The largest absolute Gasteiger partial charge is 0.456 e. The van der Waals surface area contributed by atoms with Gasteiger partial charge in [0.15, 0.2) is 6.10 Å². The topological polar surface area (TPSA) is 145 Å². The van der Waals surface area contributed by atoms with Crippen LogP contribution < -0.4 is 5.32 Å². The third-order valence-corrected chi connectivity index (χ3v) is 11.1. The maximum atomic E-state index is 13.6. The Bertz CT molecular complexity index is 1340. The van der Waals surface area contributed by atoms with Crippen LogP contribution in [0.15, 0.2) is 42.1 Å². The zero-order valence-electron chi connectivity index (χ0n) is 31.2. The first-order chi connectivity index (χ1) is 23.8. The Morgan fingerprint density at radius 3 is 2.52 bits per heavy atom. The van der Waals surface area contributed by atoms with Crippen molar-refractivity contribution in [3.8, 4) is 0 Å². The van der Waals surface area contributed by atoms with Crippen molar-refractivity contribution in [3.63, 3.8) is 0 Å². The molecular formula is C39H60N2O9. The van der Waals surface area contributed by atoms with Gasteiger partial charge in [-0.2, -0.15) is 0 Å². The van der Waals surface area contributed by atoms with Crippen LogP contribution in [0.25, 0.3) is 0 Å². The Hall–Kier alpha value is -3.15. The van der Waals surface area contributed by atoms with Gasteiger partial charge in [-0.1, -0.05) is 78.0 Å². The molecule has 1 amide bonds. The quantitative estimate of drug-likeness (QED) is 0.0791. The molecule has 0 unspecified atom stereocenters. The van der Waals surface area contributed by atoms with Crippen molar-refractivity contribution in [3.05, 3.63) is 47.8 Å². The van der Waals surface area contributed by atoms with Crippen LogP contribution >= 0.6 is 0 Å². The van der Waals surface area contributed by atoms with Crippen LogP contribution in [-0.2, 0) is 28.5 Å².